The molecule has 5 heteroatoms. The van der Waals surface area contributed by atoms with Crippen LogP contribution in [0.2, 0.25) is 0 Å². The number of oxime groups is 1. The summed E-state index contributed by atoms with van der Waals surface area (Å²) in [6.45, 7) is 7.67. The summed E-state index contributed by atoms with van der Waals surface area (Å²) < 4.78 is 0. The van der Waals surface area contributed by atoms with Crippen LogP contribution < -0.4 is 5.32 Å². The van der Waals surface area contributed by atoms with E-state index < -0.39 is 16.2 Å². The van der Waals surface area contributed by atoms with Gasteiger partial charge in [0.25, 0.3) is 0 Å². The van der Waals surface area contributed by atoms with Crippen molar-refractivity contribution in [2.75, 3.05) is 5.32 Å². The number of carbonyl (C=O) groups is 2. The summed E-state index contributed by atoms with van der Waals surface area (Å²) in [6.07, 6.45) is 1.14. The molecule has 1 aromatic rings. The normalized spacial score (nSPS) is 33.2. The number of hydrogen-bond acceptors (Lipinski definition) is 4. The Morgan fingerprint density at radius 2 is 1.87 bits per heavy atom. The monoisotopic (exact) mass is 314 g/mol. The number of hydrogen-bond donors (Lipinski definition) is 2. The average molecular weight is 314 g/mol. The van der Waals surface area contributed by atoms with Gasteiger partial charge in [0.05, 0.1) is 0 Å². The summed E-state index contributed by atoms with van der Waals surface area (Å²) in [4.78, 5) is 26.0. The molecule has 3 rings (SSSR count). The number of rotatable bonds is 2. The molecule has 5 nitrogen and oxygen atoms in total. The van der Waals surface area contributed by atoms with Crippen molar-refractivity contribution in [3.05, 3.63) is 29.8 Å². The Labute approximate surface area is 135 Å². The second-order valence-electron chi connectivity index (χ2n) is 7.41. The molecule has 0 saturated heterocycles. The van der Waals surface area contributed by atoms with Crippen molar-refractivity contribution >= 4 is 23.1 Å². The number of ketones is 1. The smallest absolute Gasteiger partial charge is 0.239 e. The summed E-state index contributed by atoms with van der Waals surface area (Å²) in [5.41, 5.74) is -0.580. The molecule has 0 spiro atoms. The van der Waals surface area contributed by atoms with Crippen molar-refractivity contribution in [1.82, 2.24) is 0 Å². The third kappa shape index (κ3) is 1.65. The van der Waals surface area contributed by atoms with Crippen molar-refractivity contribution in [1.29, 1.82) is 0 Å². The lowest BCUT2D eigenvalue weighted by atomic mass is 9.64. The van der Waals surface area contributed by atoms with E-state index in [1.54, 1.807) is 0 Å². The number of nitrogens with zero attached hydrogens (tertiary/aromatic N) is 1. The molecule has 2 N–H and O–H groups in total. The van der Waals surface area contributed by atoms with Gasteiger partial charge in [-0.25, -0.2) is 0 Å². The maximum atomic E-state index is 13.1. The van der Waals surface area contributed by atoms with E-state index in [0.717, 1.165) is 5.56 Å². The zero-order chi connectivity index (χ0) is 17.0. The topological polar surface area (TPSA) is 78.8 Å². The van der Waals surface area contributed by atoms with Crippen LogP contribution in [0.15, 0.2) is 29.4 Å². The van der Waals surface area contributed by atoms with Gasteiger partial charge < -0.3 is 10.5 Å². The van der Waals surface area contributed by atoms with E-state index in [0.29, 0.717) is 18.5 Å². The zero-order valence-corrected chi connectivity index (χ0v) is 13.9. The van der Waals surface area contributed by atoms with E-state index in [2.05, 4.69) is 10.5 Å². The van der Waals surface area contributed by atoms with Crippen LogP contribution in [-0.2, 0) is 9.59 Å². The molecule has 1 amide bonds. The third-order valence-electron chi connectivity index (χ3n) is 6.45. The molecule has 2 saturated carbocycles. The van der Waals surface area contributed by atoms with Gasteiger partial charge in [-0.15, -0.1) is 0 Å². The lowest BCUT2D eigenvalue weighted by Crippen LogP contribution is -2.47. The van der Waals surface area contributed by atoms with Crippen LogP contribution >= 0.6 is 0 Å². The summed E-state index contributed by atoms with van der Waals surface area (Å²) in [5, 5.41) is 15.5. The second-order valence-corrected chi connectivity index (χ2v) is 7.41. The summed E-state index contributed by atoms with van der Waals surface area (Å²) >= 11 is 0. The Morgan fingerprint density at radius 1 is 1.22 bits per heavy atom. The Balaban J connectivity index is 2.06. The van der Waals surface area contributed by atoms with Crippen molar-refractivity contribution in [3.63, 3.8) is 0 Å². The number of carbonyl (C=O) groups excluding carboxylic acids is 2. The number of benzene rings is 1. The van der Waals surface area contributed by atoms with Crippen LogP contribution in [0.25, 0.3) is 0 Å². The van der Waals surface area contributed by atoms with Gasteiger partial charge in [-0.1, -0.05) is 44.1 Å². The Kier molecular flexibility index (Phi) is 3.19. The highest BCUT2D eigenvalue weighted by Crippen LogP contribution is 2.69. The number of amides is 1. The number of anilines is 1. The molecule has 0 aliphatic heterocycles. The molecule has 1 aromatic carbocycles. The molecule has 0 radical (unpaired) electrons. The Hall–Kier alpha value is -2.17. The molecule has 2 aliphatic carbocycles. The van der Waals surface area contributed by atoms with Gasteiger partial charge in [0.2, 0.25) is 5.91 Å². The second kappa shape index (κ2) is 4.66. The molecule has 0 heterocycles. The predicted octanol–water partition coefficient (Wildman–Crippen LogP) is 3.16. The lowest BCUT2D eigenvalue weighted by molar-refractivity contribution is -0.140. The molecule has 2 fully saturated rings. The van der Waals surface area contributed by atoms with E-state index >= 15 is 0 Å². The fourth-order valence-corrected chi connectivity index (χ4v) is 4.40. The van der Waals surface area contributed by atoms with Crippen molar-refractivity contribution in [3.8, 4) is 0 Å². The van der Waals surface area contributed by atoms with Gasteiger partial charge in [0, 0.05) is 11.1 Å². The fourth-order valence-electron chi connectivity index (χ4n) is 4.40. The van der Waals surface area contributed by atoms with Gasteiger partial charge in [-0.05, 0) is 36.8 Å². The summed E-state index contributed by atoms with van der Waals surface area (Å²) in [5.74, 6) is -0.644. The van der Waals surface area contributed by atoms with E-state index in [-0.39, 0.29) is 17.4 Å². The summed E-state index contributed by atoms with van der Waals surface area (Å²) in [7, 11) is 0. The molecule has 122 valence electrons. The number of para-hydroxylation sites is 1. The fraction of sp³-hybridized carbons (Fsp3) is 0.500. The van der Waals surface area contributed by atoms with Gasteiger partial charge in [0.15, 0.2) is 5.78 Å². The van der Waals surface area contributed by atoms with Crippen molar-refractivity contribution in [2.45, 2.75) is 40.5 Å². The van der Waals surface area contributed by atoms with E-state index in [4.69, 9.17) is 0 Å². The third-order valence-corrected chi connectivity index (χ3v) is 6.45. The van der Waals surface area contributed by atoms with Gasteiger partial charge >= 0.3 is 0 Å². The van der Waals surface area contributed by atoms with Crippen LogP contribution in [-0.4, -0.2) is 22.6 Å². The first-order valence-electron chi connectivity index (χ1n) is 7.87. The first-order chi connectivity index (χ1) is 10.7. The van der Waals surface area contributed by atoms with E-state index in [1.165, 1.54) is 0 Å². The summed E-state index contributed by atoms with van der Waals surface area (Å²) in [6, 6.07) is 7.48. The lowest BCUT2D eigenvalue weighted by Gasteiger charge is -2.37. The molecule has 23 heavy (non-hydrogen) atoms. The first-order valence-corrected chi connectivity index (χ1v) is 7.87. The molecule has 2 unspecified atom stereocenters. The SMILES string of the molecule is Cc1ccccc1NC(=O)C12CCC(C)(/C(=N/O)C1=O)C2(C)C. The highest BCUT2D eigenvalue weighted by Gasteiger charge is 2.76. The van der Waals surface area contributed by atoms with E-state index in [9.17, 15) is 14.8 Å². The van der Waals surface area contributed by atoms with Crippen molar-refractivity contribution in [2.24, 2.45) is 21.4 Å². The maximum absolute atomic E-state index is 13.1. The van der Waals surface area contributed by atoms with Crippen LogP contribution in [0.3, 0.4) is 0 Å². The molecule has 2 atom stereocenters. The first kappa shape index (κ1) is 15.7. The largest absolute Gasteiger partial charge is 0.411 e. The number of nitrogens with one attached hydrogen (secondary N) is 1. The van der Waals surface area contributed by atoms with Crippen LogP contribution in [0.4, 0.5) is 5.69 Å². The van der Waals surface area contributed by atoms with Crippen LogP contribution in [0.1, 0.15) is 39.2 Å². The molecular weight excluding hydrogens is 292 g/mol. The minimum Gasteiger partial charge on any atom is -0.411 e. The number of fused-ring (bicyclic) bond motifs is 2. The van der Waals surface area contributed by atoms with Crippen molar-refractivity contribution < 1.29 is 14.8 Å². The zero-order valence-electron chi connectivity index (χ0n) is 13.9. The average Bonchev–Trinajstić information content (AvgIpc) is 2.77. The standard InChI is InChI=1S/C18H22N2O3/c1-11-7-5-6-8-12(11)19-15(22)18-10-9-17(4,16(18,2)3)13(20-23)14(18)21/h5-8,23H,9-10H2,1-4H3,(H,19,22)/b20-13+. The highest BCUT2D eigenvalue weighted by atomic mass is 16.4. The Morgan fingerprint density at radius 3 is 2.43 bits per heavy atom. The van der Waals surface area contributed by atoms with Gasteiger partial charge in [-0.3, -0.25) is 9.59 Å². The maximum Gasteiger partial charge on any atom is 0.239 e. The molecule has 2 bridgehead atoms. The highest BCUT2D eigenvalue weighted by molar-refractivity contribution is 6.51. The minimum atomic E-state index is -1.18. The quantitative estimate of drug-likeness (QED) is 0.500. The van der Waals surface area contributed by atoms with Crippen LogP contribution in [0, 0.1) is 23.2 Å². The number of Topliss-reactive ketones (excluding diaryl/α,β-unsaturated/α-hetero) is 1. The van der Waals surface area contributed by atoms with Gasteiger partial charge in [0.1, 0.15) is 11.1 Å². The van der Waals surface area contributed by atoms with Crippen LogP contribution in [0.5, 0.6) is 0 Å². The predicted molar refractivity (Wildman–Crippen MR) is 87.6 cm³/mol. The molecular formula is C18H22N2O3. The molecule has 2 aliphatic rings. The van der Waals surface area contributed by atoms with E-state index in [1.807, 2.05) is 52.0 Å². The Bertz CT molecular complexity index is 738. The molecule has 0 aromatic heterocycles. The van der Waals surface area contributed by atoms with Gasteiger partial charge in [-0.2, -0.15) is 0 Å². The number of aryl methyl sites for hydroxylation is 1. The minimum absolute atomic E-state index is 0.133.